The number of carboxylic acid groups (broad SMARTS) is 1. The number of hydrogen-bond acceptors (Lipinski definition) is 2. The fourth-order valence-electron chi connectivity index (χ4n) is 2.21. The van der Waals surface area contributed by atoms with E-state index in [1.165, 1.54) is 5.56 Å². The molecular formula is C15H14O3. The highest BCUT2D eigenvalue weighted by molar-refractivity contribution is 5.75. The van der Waals surface area contributed by atoms with Crippen molar-refractivity contribution in [2.75, 3.05) is 0 Å². The van der Waals surface area contributed by atoms with Gasteiger partial charge in [0.2, 0.25) is 0 Å². The fraction of sp³-hybridized carbons (Fsp3) is 0.267. The first kappa shape index (κ1) is 11.1. The predicted octanol–water partition coefficient (Wildman–Crippen LogP) is 3.44. The molecule has 2 atom stereocenters. The first-order valence-electron chi connectivity index (χ1n) is 6.05. The molecule has 1 aromatic carbocycles. The zero-order valence-electron chi connectivity index (χ0n) is 10.1. The van der Waals surface area contributed by atoms with E-state index < -0.39 is 5.97 Å². The number of carboxylic acids is 1. The monoisotopic (exact) mass is 242 g/mol. The van der Waals surface area contributed by atoms with Gasteiger partial charge in [-0.25, -0.2) is 0 Å². The molecule has 92 valence electrons. The van der Waals surface area contributed by atoms with Crippen LogP contribution in [-0.2, 0) is 4.79 Å². The molecule has 1 aromatic heterocycles. The van der Waals surface area contributed by atoms with Crippen molar-refractivity contribution < 1.29 is 14.3 Å². The first-order chi connectivity index (χ1) is 8.65. The van der Waals surface area contributed by atoms with E-state index >= 15 is 0 Å². The summed E-state index contributed by atoms with van der Waals surface area (Å²) in [5.41, 5.74) is 2.23. The van der Waals surface area contributed by atoms with Gasteiger partial charge in [-0.1, -0.05) is 29.8 Å². The molecule has 2 unspecified atom stereocenters. The van der Waals surface area contributed by atoms with Crippen LogP contribution >= 0.6 is 0 Å². The highest BCUT2D eigenvalue weighted by Crippen LogP contribution is 2.48. The summed E-state index contributed by atoms with van der Waals surface area (Å²) in [4.78, 5) is 10.8. The number of hydrogen-bond donors (Lipinski definition) is 1. The number of rotatable bonds is 3. The average molecular weight is 242 g/mol. The number of carbonyl (C=O) groups is 1. The van der Waals surface area contributed by atoms with Crippen molar-refractivity contribution >= 4 is 5.97 Å². The van der Waals surface area contributed by atoms with Crippen LogP contribution < -0.4 is 0 Å². The molecule has 18 heavy (non-hydrogen) atoms. The van der Waals surface area contributed by atoms with Crippen LogP contribution in [0.4, 0.5) is 0 Å². The van der Waals surface area contributed by atoms with E-state index in [0.717, 1.165) is 17.1 Å². The van der Waals surface area contributed by atoms with E-state index in [4.69, 9.17) is 9.52 Å². The molecule has 1 heterocycles. The molecule has 3 heteroatoms. The van der Waals surface area contributed by atoms with Crippen LogP contribution in [0.1, 0.15) is 23.7 Å². The molecule has 0 spiro atoms. The summed E-state index contributed by atoms with van der Waals surface area (Å²) in [5.74, 6) is 0.663. The zero-order chi connectivity index (χ0) is 12.7. The van der Waals surface area contributed by atoms with Crippen LogP contribution in [0.3, 0.4) is 0 Å². The van der Waals surface area contributed by atoms with Gasteiger partial charge in [-0.15, -0.1) is 0 Å². The smallest absolute Gasteiger partial charge is 0.307 e. The van der Waals surface area contributed by atoms with Gasteiger partial charge in [-0.05, 0) is 25.5 Å². The summed E-state index contributed by atoms with van der Waals surface area (Å²) < 4.78 is 5.75. The third kappa shape index (κ3) is 1.92. The van der Waals surface area contributed by atoms with Gasteiger partial charge < -0.3 is 9.52 Å². The zero-order valence-corrected chi connectivity index (χ0v) is 10.1. The topological polar surface area (TPSA) is 50.4 Å². The maximum atomic E-state index is 10.8. The van der Waals surface area contributed by atoms with E-state index in [1.807, 2.05) is 43.3 Å². The van der Waals surface area contributed by atoms with Crippen molar-refractivity contribution in [3.8, 4) is 11.3 Å². The van der Waals surface area contributed by atoms with Crippen LogP contribution in [-0.4, -0.2) is 11.1 Å². The van der Waals surface area contributed by atoms with Crippen LogP contribution in [0.25, 0.3) is 11.3 Å². The van der Waals surface area contributed by atoms with Gasteiger partial charge in [0.1, 0.15) is 11.5 Å². The van der Waals surface area contributed by atoms with Gasteiger partial charge in [-0.2, -0.15) is 0 Å². The van der Waals surface area contributed by atoms with E-state index in [1.54, 1.807) is 0 Å². The second kappa shape index (κ2) is 4.02. The minimum atomic E-state index is -0.728. The molecule has 2 aromatic rings. The summed E-state index contributed by atoms with van der Waals surface area (Å²) in [6.45, 7) is 2.04. The Balaban J connectivity index is 1.82. The number of furan rings is 1. The third-order valence-electron chi connectivity index (χ3n) is 3.44. The van der Waals surface area contributed by atoms with Gasteiger partial charge in [-0.3, -0.25) is 4.79 Å². The van der Waals surface area contributed by atoms with Gasteiger partial charge in [0.25, 0.3) is 0 Å². The Morgan fingerprint density at radius 2 is 1.94 bits per heavy atom. The molecule has 1 N–H and O–H groups in total. The molecule has 0 amide bonds. The Hall–Kier alpha value is -2.03. The molecule has 1 aliphatic rings. The standard InChI is InChI=1S/C15H14O3/c1-9-2-4-10(5-3-9)13-6-7-14(18-13)11-8-12(11)15(16)17/h2-7,11-12H,8H2,1H3,(H,16,17). The minimum Gasteiger partial charge on any atom is -0.481 e. The molecule has 1 saturated carbocycles. The van der Waals surface area contributed by atoms with E-state index in [2.05, 4.69) is 0 Å². The van der Waals surface area contributed by atoms with Gasteiger partial charge >= 0.3 is 5.97 Å². The van der Waals surface area contributed by atoms with E-state index in [-0.39, 0.29) is 11.8 Å². The first-order valence-corrected chi connectivity index (χ1v) is 6.05. The average Bonchev–Trinajstić information content (AvgIpc) is 3.02. The third-order valence-corrected chi connectivity index (χ3v) is 3.44. The Labute approximate surface area is 105 Å². The maximum Gasteiger partial charge on any atom is 0.307 e. The number of aryl methyl sites for hydroxylation is 1. The lowest BCUT2D eigenvalue weighted by Gasteiger charge is -1.98. The quantitative estimate of drug-likeness (QED) is 0.896. The number of aliphatic carboxylic acids is 1. The van der Waals surface area contributed by atoms with Crippen molar-refractivity contribution in [2.24, 2.45) is 5.92 Å². The van der Waals surface area contributed by atoms with Crippen molar-refractivity contribution in [3.05, 3.63) is 47.7 Å². The summed E-state index contributed by atoms with van der Waals surface area (Å²) in [6, 6.07) is 11.9. The van der Waals surface area contributed by atoms with Crippen molar-refractivity contribution in [1.29, 1.82) is 0 Å². The molecule has 1 fully saturated rings. The van der Waals surface area contributed by atoms with Crippen molar-refractivity contribution in [1.82, 2.24) is 0 Å². The second-order valence-corrected chi connectivity index (χ2v) is 4.85. The molecule has 3 nitrogen and oxygen atoms in total. The molecule has 0 bridgehead atoms. The number of benzene rings is 1. The lowest BCUT2D eigenvalue weighted by molar-refractivity contribution is -0.138. The van der Waals surface area contributed by atoms with Crippen LogP contribution in [0.5, 0.6) is 0 Å². The molecule has 1 aliphatic carbocycles. The van der Waals surface area contributed by atoms with Gasteiger partial charge in [0.15, 0.2) is 0 Å². The van der Waals surface area contributed by atoms with Gasteiger partial charge in [0.05, 0.1) is 5.92 Å². The van der Waals surface area contributed by atoms with E-state index in [0.29, 0.717) is 6.42 Å². The second-order valence-electron chi connectivity index (χ2n) is 4.85. The Bertz CT molecular complexity index is 580. The normalized spacial score (nSPS) is 21.8. The Morgan fingerprint density at radius 3 is 2.56 bits per heavy atom. The Morgan fingerprint density at radius 1 is 1.22 bits per heavy atom. The molecule has 0 saturated heterocycles. The lowest BCUT2D eigenvalue weighted by atomic mass is 10.1. The largest absolute Gasteiger partial charge is 0.481 e. The highest BCUT2D eigenvalue weighted by atomic mass is 16.4. The molecular weight excluding hydrogens is 228 g/mol. The molecule has 0 radical (unpaired) electrons. The summed E-state index contributed by atoms with van der Waals surface area (Å²) in [5, 5.41) is 8.90. The van der Waals surface area contributed by atoms with Crippen molar-refractivity contribution in [2.45, 2.75) is 19.3 Å². The van der Waals surface area contributed by atoms with Crippen LogP contribution in [0.15, 0.2) is 40.8 Å². The van der Waals surface area contributed by atoms with E-state index in [9.17, 15) is 4.79 Å². The fourth-order valence-corrected chi connectivity index (χ4v) is 2.21. The SMILES string of the molecule is Cc1ccc(-c2ccc(C3CC3C(=O)O)o2)cc1. The van der Waals surface area contributed by atoms with Crippen LogP contribution in [0.2, 0.25) is 0 Å². The maximum absolute atomic E-state index is 10.8. The minimum absolute atomic E-state index is 0.0571. The summed E-state index contributed by atoms with van der Waals surface area (Å²) in [7, 11) is 0. The summed E-state index contributed by atoms with van der Waals surface area (Å²) in [6.07, 6.45) is 0.691. The highest BCUT2D eigenvalue weighted by Gasteiger charge is 2.46. The van der Waals surface area contributed by atoms with Gasteiger partial charge in [0, 0.05) is 11.5 Å². The molecule has 3 rings (SSSR count). The predicted molar refractivity (Wildman–Crippen MR) is 67.4 cm³/mol. The van der Waals surface area contributed by atoms with Crippen molar-refractivity contribution in [3.63, 3.8) is 0 Å². The Kier molecular flexibility index (Phi) is 2.47. The summed E-state index contributed by atoms with van der Waals surface area (Å²) >= 11 is 0. The van der Waals surface area contributed by atoms with Crippen LogP contribution in [0, 0.1) is 12.8 Å². The lowest BCUT2D eigenvalue weighted by Crippen LogP contribution is -1.98. The molecule has 0 aliphatic heterocycles.